The van der Waals surface area contributed by atoms with Gasteiger partial charge in [0.15, 0.2) is 5.96 Å². The number of aliphatic imine (C=N–C) groups is 1. The quantitative estimate of drug-likeness (QED) is 0.192. The molecule has 0 aromatic carbocycles. The summed E-state index contributed by atoms with van der Waals surface area (Å²) in [5, 5.41) is 6.27. The van der Waals surface area contributed by atoms with Crippen LogP contribution in [0.4, 0.5) is 0 Å². The number of unbranched alkanes of at least 4 members (excludes halogenated alkanes) is 1. The lowest BCUT2D eigenvalue weighted by Crippen LogP contribution is -2.42. The van der Waals surface area contributed by atoms with Gasteiger partial charge in [-0.2, -0.15) is 0 Å². The molecule has 1 aliphatic rings. The van der Waals surface area contributed by atoms with Gasteiger partial charge in [0, 0.05) is 40.2 Å². The van der Waals surface area contributed by atoms with E-state index in [0.717, 1.165) is 25.3 Å². The summed E-state index contributed by atoms with van der Waals surface area (Å²) in [6.45, 7) is 6.02. The molecule has 1 fully saturated rings. The maximum Gasteiger partial charge on any atom is 0.220 e. The van der Waals surface area contributed by atoms with E-state index in [1.54, 1.807) is 7.05 Å². The Bertz CT molecular complexity index is 368. The highest BCUT2D eigenvalue weighted by molar-refractivity contribution is 14.0. The number of nitrogens with one attached hydrogen (secondary N) is 2. The van der Waals surface area contributed by atoms with Crippen molar-refractivity contribution in [1.82, 2.24) is 15.5 Å². The summed E-state index contributed by atoms with van der Waals surface area (Å²) in [5.74, 6) is 1.66. The van der Waals surface area contributed by atoms with Crippen LogP contribution in [-0.2, 0) is 4.79 Å². The molecule has 0 unspecified atom stereocenters. The van der Waals surface area contributed by atoms with E-state index in [9.17, 15) is 4.79 Å². The van der Waals surface area contributed by atoms with Gasteiger partial charge in [-0.3, -0.25) is 9.79 Å². The van der Waals surface area contributed by atoms with E-state index in [2.05, 4.69) is 27.1 Å². The van der Waals surface area contributed by atoms with Gasteiger partial charge in [0.2, 0.25) is 5.91 Å². The number of rotatable bonds is 9. The molecule has 0 radical (unpaired) electrons. The standard InChI is InChI=1S/C17H32N4O.HI/c1-4-5-8-13-21(3)17(18-2)20-12-11-19-16(22)14-15-9-6-7-10-15;/h4,15H,1,5-14H2,2-3H3,(H,18,20)(H,19,22);1H. The number of hydrogen-bond donors (Lipinski definition) is 2. The molecular weight excluding hydrogens is 403 g/mol. The van der Waals surface area contributed by atoms with Crippen molar-refractivity contribution in [2.24, 2.45) is 10.9 Å². The number of amides is 1. The van der Waals surface area contributed by atoms with Crippen LogP contribution in [0.2, 0.25) is 0 Å². The zero-order valence-corrected chi connectivity index (χ0v) is 17.0. The van der Waals surface area contributed by atoms with Crippen LogP contribution in [0, 0.1) is 5.92 Å². The zero-order valence-electron chi connectivity index (χ0n) is 14.6. The van der Waals surface area contributed by atoms with E-state index >= 15 is 0 Å². The molecule has 0 aromatic rings. The number of hydrogen-bond acceptors (Lipinski definition) is 2. The average molecular weight is 436 g/mol. The minimum Gasteiger partial charge on any atom is -0.354 e. The van der Waals surface area contributed by atoms with Crippen molar-refractivity contribution in [3.8, 4) is 0 Å². The monoisotopic (exact) mass is 436 g/mol. The molecule has 0 heterocycles. The normalized spacial score (nSPS) is 15.0. The minimum atomic E-state index is 0. The molecule has 0 aliphatic heterocycles. The molecular formula is C17H33IN4O. The first-order valence-corrected chi connectivity index (χ1v) is 8.46. The second-order valence-corrected chi connectivity index (χ2v) is 6.03. The fraction of sp³-hybridized carbons (Fsp3) is 0.765. The number of nitrogens with zero attached hydrogens (tertiary/aromatic N) is 2. The van der Waals surface area contributed by atoms with Crippen molar-refractivity contribution in [2.45, 2.75) is 44.9 Å². The third kappa shape index (κ3) is 9.84. The Morgan fingerprint density at radius 2 is 1.96 bits per heavy atom. The largest absolute Gasteiger partial charge is 0.354 e. The van der Waals surface area contributed by atoms with Crippen LogP contribution in [0.1, 0.15) is 44.9 Å². The van der Waals surface area contributed by atoms with Crippen molar-refractivity contribution < 1.29 is 4.79 Å². The van der Waals surface area contributed by atoms with E-state index < -0.39 is 0 Å². The van der Waals surface area contributed by atoms with E-state index in [-0.39, 0.29) is 29.9 Å². The van der Waals surface area contributed by atoms with E-state index in [1.165, 1.54) is 25.7 Å². The molecule has 23 heavy (non-hydrogen) atoms. The average Bonchev–Trinajstić information content (AvgIpc) is 3.00. The van der Waals surface area contributed by atoms with Crippen molar-refractivity contribution >= 4 is 35.8 Å². The third-order valence-electron chi connectivity index (χ3n) is 4.15. The lowest BCUT2D eigenvalue weighted by molar-refractivity contribution is -0.121. The Balaban J connectivity index is 0.00000484. The molecule has 1 amide bonds. The third-order valence-corrected chi connectivity index (χ3v) is 4.15. The second kappa shape index (κ2) is 13.6. The molecule has 134 valence electrons. The van der Waals surface area contributed by atoms with Crippen LogP contribution >= 0.6 is 24.0 Å². The van der Waals surface area contributed by atoms with Crippen LogP contribution in [-0.4, -0.2) is 50.5 Å². The Hall–Kier alpha value is -0.790. The van der Waals surface area contributed by atoms with Gasteiger partial charge in [0.1, 0.15) is 0 Å². The number of carbonyl (C=O) groups is 1. The fourth-order valence-corrected chi connectivity index (χ4v) is 2.89. The number of halogens is 1. The van der Waals surface area contributed by atoms with E-state index in [4.69, 9.17) is 0 Å². The summed E-state index contributed by atoms with van der Waals surface area (Å²) < 4.78 is 0. The predicted molar refractivity (Wildman–Crippen MR) is 108 cm³/mol. The van der Waals surface area contributed by atoms with Crippen LogP contribution in [0.25, 0.3) is 0 Å². The second-order valence-electron chi connectivity index (χ2n) is 6.03. The van der Waals surface area contributed by atoms with E-state index in [0.29, 0.717) is 25.4 Å². The smallest absolute Gasteiger partial charge is 0.220 e. The van der Waals surface area contributed by atoms with Crippen LogP contribution in [0.15, 0.2) is 17.6 Å². The van der Waals surface area contributed by atoms with Crippen molar-refractivity contribution in [1.29, 1.82) is 0 Å². The lowest BCUT2D eigenvalue weighted by Gasteiger charge is -2.22. The summed E-state index contributed by atoms with van der Waals surface area (Å²) in [5.41, 5.74) is 0. The highest BCUT2D eigenvalue weighted by atomic mass is 127. The minimum absolute atomic E-state index is 0. The Labute approximate surface area is 158 Å². The molecule has 1 saturated carbocycles. The lowest BCUT2D eigenvalue weighted by atomic mass is 10.0. The van der Waals surface area contributed by atoms with Crippen LogP contribution < -0.4 is 10.6 Å². The first-order valence-electron chi connectivity index (χ1n) is 8.46. The van der Waals surface area contributed by atoms with Gasteiger partial charge in [0.05, 0.1) is 0 Å². The van der Waals surface area contributed by atoms with E-state index in [1.807, 2.05) is 13.1 Å². The maximum absolute atomic E-state index is 11.8. The maximum atomic E-state index is 11.8. The summed E-state index contributed by atoms with van der Waals surface area (Å²) >= 11 is 0. The van der Waals surface area contributed by atoms with Gasteiger partial charge in [-0.05, 0) is 31.6 Å². The van der Waals surface area contributed by atoms with Crippen LogP contribution in [0.3, 0.4) is 0 Å². The summed E-state index contributed by atoms with van der Waals surface area (Å²) in [6.07, 6.45) is 9.71. The molecule has 0 aromatic heterocycles. The van der Waals surface area contributed by atoms with Crippen molar-refractivity contribution in [3.05, 3.63) is 12.7 Å². The molecule has 0 atom stereocenters. The number of carbonyl (C=O) groups excluding carboxylic acids is 1. The van der Waals surface area contributed by atoms with Gasteiger partial charge in [0.25, 0.3) is 0 Å². The zero-order chi connectivity index (χ0) is 16.2. The molecule has 1 aliphatic carbocycles. The highest BCUT2D eigenvalue weighted by Gasteiger charge is 2.17. The molecule has 5 nitrogen and oxygen atoms in total. The van der Waals surface area contributed by atoms with Gasteiger partial charge in [-0.1, -0.05) is 18.9 Å². The molecule has 2 N–H and O–H groups in total. The van der Waals surface area contributed by atoms with Crippen LogP contribution in [0.5, 0.6) is 0 Å². The van der Waals surface area contributed by atoms with Crippen molar-refractivity contribution in [3.63, 3.8) is 0 Å². The fourth-order valence-electron chi connectivity index (χ4n) is 2.89. The molecule has 0 saturated heterocycles. The molecule has 6 heteroatoms. The molecule has 0 spiro atoms. The summed E-state index contributed by atoms with van der Waals surface area (Å²) in [6, 6.07) is 0. The van der Waals surface area contributed by atoms with Gasteiger partial charge in [-0.15, -0.1) is 30.6 Å². The topological polar surface area (TPSA) is 56.7 Å². The summed E-state index contributed by atoms with van der Waals surface area (Å²) in [4.78, 5) is 18.2. The molecule has 1 rings (SSSR count). The number of allylic oxidation sites excluding steroid dienone is 1. The first-order chi connectivity index (χ1) is 10.7. The SMILES string of the molecule is C=CCCCN(C)C(=NC)NCCNC(=O)CC1CCCC1.I. The van der Waals surface area contributed by atoms with Gasteiger partial charge in [-0.25, -0.2) is 0 Å². The van der Waals surface area contributed by atoms with Gasteiger partial charge >= 0.3 is 0 Å². The van der Waals surface area contributed by atoms with Crippen molar-refractivity contribution in [2.75, 3.05) is 33.7 Å². The number of guanidine groups is 1. The highest BCUT2D eigenvalue weighted by Crippen LogP contribution is 2.27. The Morgan fingerprint density at radius 3 is 2.57 bits per heavy atom. The summed E-state index contributed by atoms with van der Waals surface area (Å²) in [7, 11) is 3.81. The molecule has 0 bridgehead atoms. The van der Waals surface area contributed by atoms with Gasteiger partial charge < -0.3 is 15.5 Å². The predicted octanol–water partition coefficient (Wildman–Crippen LogP) is 2.77. The Morgan fingerprint density at radius 1 is 1.30 bits per heavy atom. The first kappa shape index (κ1) is 22.2. The Kier molecular flexibility index (Phi) is 13.2.